The van der Waals surface area contributed by atoms with Gasteiger partial charge in [0.1, 0.15) is 0 Å². The number of rotatable bonds is 6. The van der Waals surface area contributed by atoms with Crippen LogP contribution in [0.5, 0.6) is 0 Å². The van der Waals surface area contributed by atoms with Crippen molar-refractivity contribution in [2.24, 2.45) is 0 Å². The molecule has 1 aliphatic heterocycles. The van der Waals surface area contributed by atoms with Crippen molar-refractivity contribution in [2.75, 3.05) is 13.6 Å². The molecule has 3 aromatic heterocycles. The number of fused-ring (bicyclic) bond motifs is 1. The highest BCUT2D eigenvalue weighted by molar-refractivity contribution is 7.10. The van der Waals surface area contributed by atoms with Crippen molar-refractivity contribution < 1.29 is 4.79 Å². The van der Waals surface area contributed by atoms with Gasteiger partial charge in [0.05, 0.1) is 23.5 Å². The molecule has 0 aromatic carbocycles. The molecule has 0 atom stereocenters. The summed E-state index contributed by atoms with van der Waals surface area (Å²) >= 11 is 1.70. The number of H-pyrrole nitrogens is 1. The third-order valence-electron chi connectivity index (χ3n) is 5.25. The van der Waals surface area contributed by atoms with Crippen LogP contribution in [-0.2, 0) is 32.5 Å². The maximum atomic E-state index is 12.9. The molecule has 0 unspecified atom stereocenters. The van der Waals surface area contributed by atoms with E-state index in [0.717, 1.165) is 49.4 Å². The molecule has 1 N–H and O–H groups in total. The zero-order valence-corrected chi connectivity index (χ0v) is 17.1. The lowest BCUT2D eigenvalue weighted by Crippen LogP contribution is -2.32. The Hall–Kier alpha value is -2.51. The van der Waals surface area contributed by atoms with Gasteiger partial charge in [-0.1, -0.05) is 13.0 Å². The lowest BCUT2D eigenvalue weighted by Gasteiger charge is -2.27. The lowest BCUT2D eigenvalue weighted by molar-refractivity contribution is 0.0782. The number of nitrogens with one attached hydrogen (secondary N) is 1. The van der Waals surface area contributed by atoms with Gasteiger partial charge in [-0.3, -0.25) is 19.8 Å². The molecule has 0 bridgehead atoms. The van der Waals surface area contributed by atoms with Crippen LogP contribution in [0.25, 0.3) is 0 Å². The zero-order valence-electron chi connectivity index (χ0n) is 16.3. The Bertz CT molecular complexity index is 932. The van der Waals surface area contributed by atoms with Crippen molar-refractivity contribution >= 4 is 17.2 Å². The number of aromatic nitrogens is 3. The van der Waals surface area contributed by atoms with Gasteiger partial charge >= 0.3 is 0 Å². The van der Waals surface area contributed by atoms with Crippen molar-refractivity contribution in [3.8, 4) is 0 Å². The third kappa shape index (κ3) is 4.00. The Morgan fingerprint density at radius 3 is 2.96 bits per heavy atom. The van der Waals surface area contributed by atoms with Crippen molar-refractivity contribution in [2.45, 2.75) is 39.4 Å². The molecular weight excluding hydrogens is 370 g/mol. The van der Waals surface area contributed by atoms with E-state index in [0.29, 0.717) is 6.54 Å². The van der Waals surface area contributed by atoms with Gasteiger partial charge in [-0.15, -0.1) is 11.3 Å². The number of amides is 1. The van der Waals surface area contributed by atoms with Crippen molar-refractivity contribution in [3.05, 3.63) is 68.9 Å². The topological polar surface area (TPSA) is 65.1 Å². The van der Waals surface area contributed by atoms with Gasteiger partial charge in [0, 0.05) is 49.3 Å². The fourth-order valence-electron chi connectivity index (χ4n) is 3.59. The SMILES string of the molecule is CCc1ccc(CN2CCc3c(C(=O)N(C)Cc4ccn[nH]4)csc3C2)nc1. The number of hydrogen-bond donors (Lipinski definition) is 1. The van der Waals surface area contributed by atoms with E-state index in [1.165, 1.54) is 16.0 Å². The molecule has 1 aliphatic rings. The van der Waals surface area contributed by atoms with Gasteiger partial charge in [-0.25, -0.2) is 0 Å². The first-order chi connectivity index (χ1) is 13.6. The van der Waals surface area contributed by atoms with E-state index in [4.69, 9.17) is 0 Å². The maximum Gasteiger partial charge on any atom is 0.255 e. The van der Waals surface area contributed by atoms with Crippen molar-refractivity contribution in [1.29, 1.82) is 0 Å². The van der Waals surface area contributed by atoms with Gasteiger partial charge in [0.2, 0.25) is 0 Å². The number of carbonyl (C=O) groups is 1. The number of carbonyl (C=O) groups excluding carboxylic acids is 1. The number of aromatic amines is 1. The van der Waals surface area contributed by atoms with E-state index in [-0.39, 0.29) is 5.91 Å². The summed E-state index contributed by atoms with van der Waals surface area (Å²) in [6, 6.07) is 6.18. The first-order valence-electron chi connectivity index (χ1n) is 9.63. The Kier molecular flexibility index (Phi) is 5.54. The second-order valence-electron chi connectivity index (χ2n) is 7.27. The monoisotopic (exact) mass is 395 g/mol. The Balaban J connectivity index is 1.41. The number of hydrogen-bond acceptors (Lipinski definition) is 5. The van der Waals surface area contributed by atoms with Crippen LogP contribution in [0, 0.1) is 0 Å². The number of thiophene rings is 1. The largest absolute Gasteiger partial charge is 0.336 e. The molecule has 0 saturated heterocycles. The molecule has 1 amide bonds. The quantitative estimate of drug-likeness (QED) is 0.696. The minimum Gasteiger partial charge on any atom is -0.336 e. The van der Waals surface area contributed by atoms with Crippen molar-refractivity contribution in [3.63, 3.8) is 0 Å². The average Bonchev–Trinajstić information content (AvgIpc) is 3.37. The fourth-order valence-corrected chi connectivity index (χ4v) is 4.70. The molecule has 0 spiro atoms. The predicted molar refractivity (Wildman–Crippen MR) is 110 cm³/mol. The van der Waals surface area contributed by atoms with Crippen LogP contribution in [0.15, 0.2) is 36.0 Å². The standard InChI is InChI=1S/C21H25N5OS/c1-3-15-4-5-16(22-10-15)12-26-9-7-18-19(14-28-20(18)13-26)21(27)25(2)11-17-6-8-23-24-17/h4-6,8,10,14H,3,7,9,11-13H2,1-2H3,(H,23,24). The van der Waals surface area contributed by atoms with Crippen LogP contribution >= 0.6 is 11.3 Å². The molecule has 4 heterocycles. The smallest absolute Gasteiger partial charge is 0.255 e. The van der Waals surface area contributed by atoms with E-state index in [9.17, 15) is 4.79 Å². The maximum absolute atomic E-state index is 12.9. The van der Waals surface area contributed by atoms with E-state index in [2.05, 4.69) is 39.1 Å². The molecule has 3 aromatic rings. The first kappa shape index (κ1) is 18.8. The highest BCUT2D eigenvalue weighted by Gasteiger charge is 2.25. The first-order valence-corrected chi connectivity index (χ1v) is 10.5. The molecule has 6 nitrogen and oxygen atoms in total. The predicted octanol–water partition coefficient (Wildman–Crippen LogP) is 3.26. The van der Waals surface area contributed by atoms with Gasteiger partial charge in [0.15, 0.2) is 0 Å². The summed E-state index contributed by atoms with van der Waals surface area (Å²) < 4.78 is 0. The second-order valence-corrected chi connectivity index (χ2v) is 8.23. The molecule has 4 rings (SSSR count). The van der Waals surface area contributed by atoms with Crippen LogP contribution in [-0.4, -0.2) is 44.5 Å². The van der Waals surface area contributed by atoms with Crippen LogP contribution in [0.1, 0.15) is 44.7 Å². The van der Waals surface area contributed by atoms with Crippen LogP contribution in [0.4, 0.5) is 0 Å². The summed E-state index contributed by atoms with van der Waals surface area (Å²) in [5.74, 6) is 0.0809. The summed E-state index contributed by atoms with van der Waals surface area (Å²) in [5, 5.41) is 8.88. The van der Waals surface area contributed by atoms with E-state index < -0.39 is 0 Å². The van der Waals surface area contributed by atoms with Gasteiger partial charge in [-0.2, -0.15) is 5.10 Å². The highest BCUT2D eigenvalue weighted by Crippen LogP contribution is 2.30. The fraction of sp³-hybridized carbons (Fsp3) is 0.381. The summed E-state index contributed by atoms with van der Waals surface area (Å²) in [6.07, 6.45) is 5.60. The second kappa shape index (κ2) is 8.24. The lowest BCUT2D eigenvalue weighted by atomic mass is 10.0. The van der Waals surface area contributed by atoms with Crippen molar-refractivity contribution in [1.82, 2.24) is 25.0 Å². The number of nitrogens with zero attached hydrogens (tertiary/aromatic N) is 4. The number of aryl methyl sites for hydroxylation is 1. The molecule has 28 heavy (non-hydrogen) atoms. The molecule has 0 radical (unpaired) electrons. The Morgan fingerprint density at radius 1 is 1.36 bits per heavy atom. The molecular formula is C21H25N5OS. The highest BCUT2D eigenvalue weighted by atomic mass is 32.1. The van der Waals surface area contributed by atoms with E-state index in [1.807, 2.05) is 24.7 Å². The molecule has 146 valence electrons. The minimum atomic E-state index is 0.0809. The van der Waals surface area contributed by atoms with Gasteiger partial charge in [-0.05, 0) is 36.1 Å². The minimum absolute atomic E-state index is 0.0809. The third-order valence-corrected chi connectivity index (χ3v) is 6.26. The molecule has 0 aliphatic carbocycles. The summed E-state index contributed by atoms with van der Waals surface area (Å²) in [5.41, 5.74) is 5.38. The zero-order chi connectivity index (χ0) is 19.5. The summed E-state index contributed by atoms with van der Waals surface area (Å²) in [7, 11) is 1.84. The number of pyridine rings is 1. The van der Waals surface area contributed by atoms with E-state index >= 15 is 0 Å². The summed E-state index contributed by atoms with van der Waals surface area (Å²) in [4.78, 5) is 23.0. The van der Waals surface area contributed by atoms with Crippen LogP contribution in [0.3, 0.4) is 0 Å². The Morgan fingerprint density at radius 2 is 2.25 bits per heavy atom. The van der Waals surface area contributed by atoms with E-state index in [1.54, 1.807) is 22.4 Å². The summed E-state index contributed by atoms with van der Waals surface area (Å²) in [6.45, 7) is 5.37. The molecule has 0 fully saturated rings. The van der Waals surface area contributed by atoms with Crippen LogP contribution in [0.2, 0.25) is 0 Å². The average molecular weight is 396 g/mol. The molecule has 0 saturated carbocycles. The Labute approximate surface area is 169 Å². The van der Waals surface area contributed by atoms with Crippen LogP contribution < -0.4 is 0 Å². The molecule has 7 heteroatoms. The van der Waals surface area contributed by atoms with Gasteiger partial charge < -0.3 is 4.90 Å². The normalized spacial score (nSPS) is 14.1. The van der Waals surface area contributed by atoms with Gasteiger partial charge in [0.25, 0.3) is 5.91 Å².